The van der Waals surface area contributed by atoms with Crippen LogP contribution in [0.5, 0.6) is 0 Å². The van der Waals surface area contributed by atoms with Crippen molar-refractivity contribution in [3.63, 3.8) is 0 Å². The SMILES string of the molecule is Cc1nn(C)c(C)c1S(=O)(=O)Nc1c2c(nc3ccccc13)CCCC2. The van der Waals surface area contributed by atoms with Gasteiger partial charge in [0.05, 0.1) is 22.6 Å². The zero-order chi connectivity index (χ0) is 18.5. The van der Waals surface area contributed by atoms with E-state index < -0.39 is 10.0 Å². The van der Waals surface area contributed by atoms with Crippen molar-refractivity contribution in [2.75, 3.05) is 4.72 Å². The zero-order valence-corrected chi connectivity index (χ0v) is 16.0. The van der Waals surface area contributed by atoms with E-state index in [1.54, 1.807) is 25.6 Å². The summed E-state index contributed by atoms with van der Waals surface area (Å²) in [4.78, 5) is 5.02. The third-order valence-electron chi connectivity index (χ3n) is 5.12. The molecule has 0 saturated carbocycles. The van der Waals surface area contributed by atoms with Crippen LogP contribution >= 0.6 is 0 Å². The number of rotatable bonds is 3. The number of pyridine rings is 1. The highest BCUT2D eigenvalue weighted by Crippen LogP contribution is 2.35. The Balaban J connectivity index is 1.92. The highest BCUT2D eigenvalue weighted by molar-refractivity contribution is 7.92. The number of anilines is 1. The van der Waals surface area contributed by atoms with Crippen molar-refractivity contribution >= 4 is 26.6 Å². The highest BCUT2D eigenvalue weighted by atomic mass is 32.2. The molecule has 0 fully saturated rings. The van der Waals surface area contributed by atoms with Gasteiger partial charge in [-0.2, -0.15) is 5.10 Å². The first kappa shape index (κ1) is 17.0. The molecule has 0 aliphatic heterocycles. The lowest BCUT2D eigenvalue weighted by Gasteiger charge is -2.21. The van der Waals surface area contributed by atoms with Gasteiger partial charge in [0.25, 0.3) is 10.0 Å². The fraction of sp³-hybridized carbons (Fsp3) is 0.368. The van der Waals surface area contributed by atoms with E-state index in [2.05, 4.69) is 9.82 Å². The minimum atomic E-state index is -3.74. The number of para-hydroxylation sites is 1. The van der Waals surface area contributed by atoms with E-state index in [1.165, 1.54) is 0 Å². The lowest BCUT2D eigenvalue weighted by atomic mass is 9.93. The maximum atomic E-state index is 13.2. The number of fused-ring (bicyclic) bond motifs is 2. The number of hydrogen-bond acceptors (Lipinski definition) is 4. The summed E-state index contributed by atoms with van der Waals surface area (Å²) in [7, 11) is -1.98. The Kier molecular flexibility index (Phi) is 3.99. The second-order valence-corrected chi connectivity index (χ2v) is 8.48. The average Bonchev–Trinajstić information content (AvgIpc) is 2.87. The number of aryl methyl sites for hydroxylation is 3. The van der Waals surface area contributed by atoms with Crippen LogP contribution in [-0.2, 0) is 29.9 Å². The van der Waals surface area contributed by atoms with E-state index in [9.17, 15) is 8.42 Å². The molecule has 0 bridgehead atoms. The Labute approximate surface area is 153 Å². The van der Waals surface area contributed by atoms with E-state index in [-0.39, 0.29) is 4.90 Å². The summed E-state index contributed by atoms with van der Waals surface area (Å²) in [6, 6.07) is 7.70. The van der Waals surface area contributed by atoms with E-state index in [4.69, 9.17) is 4.98 Å². The molecule has 2 heterocycles. The summed E-state index contributed by atoms with van der Waals surface area (Å²) in [5.41, 5.74) is 4.66. The Hall–Kier alpha value is -2.41. The monoisotopic (exact) mass is 370 g/mol. The smallest absolute Gasteiger partial charge is 0.265 e. The van der Waals surface area contributed by atoms with Crippen LogP contribution in [0.2, 0.25) is 0 Å². The second kappa shape index (κ2) is 6.09. The minimum Gasteiger partial charge on any atom is -0.278 e. The van der Waals surface area contributed by atoms with Gasteiger partial charge in [-0.25, -0.2) is 8.42 Å². The Bertz CT molecular complexity index is 1120. The molecule has 7 heteroatoms. The van der Waals surface area contributed by atoms with Gasteiger partial charge in [-0.15, -0.1) is 0 Å². The first-order valence-electron chi connectivity index (χ1n) is 8.82. The van der Waals surface area contributed by atoms with E-state index >= 15 is 0 Å². The standard InChI is InChI=1S/C19H22N4O2S/c1-12-19(13(2)23(3)21-12)26(24,25)22-18-14-8-4-6-10-16(14)20-17-11-7-5-9-15(17)18/h4,6,8,10H,5,7,9,11H2,1-3H3,(H,20,22). The first-order valence-corrected chi connectivity index (χ1v) is 10.3. The Morgan fingerprint density at radius 1 is 1.12 bits per heavy atom. The van der Waals surface area contributed by atoms with Crippen LogP contribution in [0.4, 0.5) is 5.69 Å². The topological polar surface area (TPSA) is 76.9 Å². The number of hydrogen-bond donors (Lipinski definition) is 1. The Morgan fingerprint density at radius 2 is 1.85 bits per heavy atom. The summed E-state index contributed by atoms with van der Waals surface area (Å²) >= 11 is 0. The fourth-order valence-corrected chi connectivity index (χ4v) is 5.37. The van der Waals surface area contributed by atoms with Crippen LogP contribution in [0.3, 0.4) is 0 Å². The zero-order valence-electron chi connectivity index (χ0n) is 15.2. The molecule has 0 saturated heterocycles. The van der Waals surface area contributed by atoms with Gasteiger partial charge in [0.15, 0.2) is 0 Å². The molecule has 1 N–H and O–H groups in total. The number of benzene rings is 1. The first-order chi connectivity index (χ1) is 12.4. The number of aromatic nitrogens is 3. The quantitative estimate of drug-likeness (QED) is 0.768. The molecule has 2 aromatic heterocycles. The predicted octanol–water partition coefficient (Wildman–Crippen LogP) is 3.26. The van der Waals surface area contributed by atoms with Gasteiger partial charge >= 0.3 is 0 Å². The Morgan fingerprint density at radius 3 is 2.58 bits per heavy atom. The second-order valence-electron chi connectivity index (χ2n) is 6.87. The molecule has 3 aromatic rings. The van der Waals surface area contributed by atoms with Crippen molar-refractivity contribution in [2.45, 2.75) is 44.4 Å². The summed E-state index contributed by atoms with van der Waals surface area (Å²) < 4.78 is 30.9. The summed E-state index contributed by atoms with van der Waals surface area (Å²) in [6.07, 6.45) is 3.87. The fourth-order valence-electron chi connectivity index (χ4n) is 3.82. The molecule has 4 rings (SSSR count). The predicted molar refractivity (Wildman–Crippen MR) is 102 cm³/mol. The van der Waals surface area contributed by atoms with E-state index in [0.717, 1.165) is 47.8 Å². The van der Waals surface area contributed by atoms with Crippen molar-refractivity contribution < 1.29 is 8.42 Å². The minimum absolute atomic E-state index is 0.255. The van der Waals surface area contributed by atoms with Crippen LogP contribution in [0.25, 0.3) is 10.9 Å². The normalized spacial score (nSPS) is 14.4. The molecule has 1 aromatic carbocycles. The van der Waals surface area contributed by atoms with Crippen molar-refractivity contribution in [1.82, 2.24) is 14.8 Å². The van der Waals surface area contributed by atoms with Gasteiger partial charge in [0.1, 0.15) is 4.90 Å². The number of sulfonamides is 1. The van der Waals surface area contributed by atoms with Crippen molar-refractivity contribution in [2.24, 2.45) is 7.05 Å². The summed E-state index contributed by atoms with van der Waals surface area (Å²) in [5, 5.41) is 5.10. The maximum absolute atomic E-state index is 13.2. The van der Waals surface area contributed by atoms with Gasteiger partial charge in [-0.05, 0) is 51.2 Å². The average molecular weight is 370 g/mol. The van der Waals surface area contributed by atoms with Crippen molar-refractivity contribution in [3.8, 4) is 0 Å². The van der Waals surface area contributed by atoms with Crippen molar-refractivity contribution in [1.29, 1.82) is 0 Å². The van der Waals surface area contributed by atoms with Gasteiger partial charge in [-0.3, -0.25) is 14.4 Å². The molecule has 1 aliphatic carbocycles. The highest BCUT2D eigenvalue weighted by Gasteiger charge is 2.27. The molecule has 0 unspecified atom stereocenters. The maximum Gasteiger partial charge on any atom is 0.265 e. The van der Waals surface area contributed by atoms with Crippen molar-refractivity contribution in [3.05, 3.63) is 46.9 Å². The van der Waals surface area contributed by atoms with Gasteiger partial charge in [0.2, 0.25) is 0 Å². The van der Waals surface area contributed by atoms with Crippen LogP contribution in [-0.4, -0.2) is 23.2 Å². The molecule has 6 nitrogen and oxygen atoms in total. The molecular weight excluding hydrogens is 348 g/mol. The molecule has 0 atom stereocenters. The summed E-state index contributed by atoms with van der Waals surface area (Å²) in [5.74, 6) is 0. The van der Waals surface area contributed by atoms with E-state index in [1.807, 2.05) is 24.3 Å². The molecule has 1 aliphatic rings. The molecule has 0 radical (unpaired) electrons. The van der Waals surface area contributed by atoms with Crippen LogP contribution < -0.4 is 4.72 Å². The third-order valence-corrected chi connectivity index (χ3v) is 6.72. The summed E-state index contributed by atoms with van der Waals surface area (Å²) in [6.45, 7) is 3.50. The number of nitrogens with one attached hydrogen (secondary N) is 1. The lowest BCUT2D eigenvalue weighted by molar-refractivity contribution is 0.599. The van der Waals surface area contributed by atoms with Crippen LogP contribution in [0, 0.1) is 13.8 Å². The molecule has 0 amide bonds. The third kappa shape index (κ3) is 2.67. The number of nitrogens with zero attached hydrogens (tertiary/aromatic N) is 3. The van der Waals surface area contributed by atoms with Crippen LogP contribution in [0.15, 0.2) is 29.2 Å². The molecule has 0 spiro atoms. The molecule has 136 valence electrons. The largest absolute Gasteiger partial charge is 0.278 e. The van der Waals surface area contributed by atoms with Gasteiger partial charge in [0, 0.05) is 18.1 Å². The van der Waals surface area contributed by atoms with E-state index in [0.29, 0.717) is 17.1 Å². The molecular formula is C19H22N4O2S. The lowest BCUT2D eigenvalue weighted by Crippen LogP contribution is -2.18. The van der Waals surface area contributed by atoms with Gasteiger partial charge in [-0.1, -0.05) is 18.2 Å². The van der Waals surface area contributed by atoms with Gasteiger partial charge < -0.3 is 0 Å². The molecule has 26 heavy (non-hydrogen) atoms. The van der Waals surface area contributed by atoms with Crippen LogP contribution in [0.1, 0.15) is 35.5 Å².